The van der Waals surface area contributed by atoms with E-state index in [4.69, 9.17) is 9.47 Å². The van der Waals surface area contributed by atoms with Crippen LogP contribution < -0.4 is 14.4 Å². The second-order valence-corrected chi connectivity index (χ2v) is 4.55. The van der Waals surface area contributed by atoms with Crippen molar-refractivity contribution in [3.8, 4) is 11.6 Å². The molecule has 2 rings (SSSR count). The minimum Gasteiger partial charge on any atom is -0.492 e. The molecule has 2 aromatic rings. The van der Waals surface area contributed by atoms with E-state index in [1.54, 1.807) is 31.3 Å². The lowest BCUT2D eigenvalue weighted by atomic mass is 10.2. The van der Waals surface area contributed by atoms with E-state index in [2.05, 4.69) is 9.97 Å². The van der Waals surface area contributed by atoms with Gasteiger partial charge >= 0.3 is 6.18 Å². The number of hydrogen-bond donors (Lipinski definition) is 0. The Balaban J connectivity index is 2.43. The molecule has 0 amide bonds. The Kier molecular flexibility index (Phi) is 4.92. The molecule has 8 heteroatoms. The van der Waals surface area contributed by atoms with E-state index in [9.17, 15) is 13.2 Å². The molecule has 0 radical (unpaired) electrons. The summed E-state index contributed by atoms with van der Waals surface area (Å²) in [5.74, 6) is 0.130. The average Bonchev–Trinajstić information content (AvgIpc) is 2.53. The van der Waals surface area contributed by atoms with Crippen molar-refractivity contribution >= 4 is 11.6 Å². The quantitative estimate of drug-likeness (QED) is 0.838. The van der Waals surface area contributed by atoms with Gasteiger partial charge in [-0.2, -0.15) is 18.2 Å². The van der Waals surface area contributed by atoms with Crippen LogP contribution >= 0.6 is 0 Å². The minimum absolute atomic E-state index is 0.0713. The summed E-state index contributed by atoms with van der Waals surface area (Å²) >= 11 is 0. The Morgan fingerprint density at radius 2 is 1.91 bits per heavy atom. The van der Waals surface area contributed by atoms with E-state index in [0.717, 1.165) is 7.11 Å². The molecule has 0 N–H and O–H groups in total. The molecule has 0 unspecified atom stereocenters. The van der Waals surface area contributed by atoms with Crippen molar-refractivity contribution in [1.29, 1.82) is 0 Å². The fourth-order valence-corrected chi connectivity index (χ4v) is 1.99. The summed E-state index contributed by atoms with van der Waals surface area (Å²) in [4.78, 5) is 9.18. The summed E-state index contributed by atoms with van der Waals surface area (Å²) in [5.41, 5.74) is -0.383. The van der Waals surface area contributed by atoms with Crippen LogP contribution in [0.25, 0.3) is 0 Å². The fourth-order valence-electron chi connectivity index (χ4n) is 1.99. The third kappa shape index (κ3) is 3.64. The van der Waals surface area contributed by atoms with Gasteiger partial charge < -0.3 is 14.4 Å². The third-order valence-corrected chi connectivity index (χ3v) is 3.07. The highest BCUT2D eigenvalue weighted by Crippen LogP contribution is 2.37. The van der Waals surface area contributed by atoms with Crippen LogP contribution in [0.3, 0.4) is 0 Å². The standard InChI is InChI=1S/C15H16F3N3O2/c1-4-23-12-8-6-5-7-11(12)21(2)14-19-9-10(15(16,17)18)13(20-14)22-3/h5-9H,4H2,1-3H3. The van der Waals surface area contributed by atoms with Crippen molar-refractivity contribution in [2.75, 3.05) is 25.7 Å². The van der Waals surface area contributed by atoms with Crippen LogP contribution in [0.15, 0.2) is 30.5 Å². The Morgan fingerprint density at radius 3 is 2.52 bits per heavy atom. The molecular formula is C15H16F3N3O2. The normalized spacial score (nSPS) is 11.2. The SMILES string of the molecule is CCOc1ccccc1N(C)c1ncc(C(F)(F)F)c(OC)n1. The summed E-state index contributed by atoms with van der Waals surface area (Å²) in [6.07, 6.45) is -3.87. The van der Waals surface area contributed by atoms with E-state index in [0.29, 0.717) is 24.2 Å². The number of hydrogen-bond acceptors (Lipinski definition) is 5. The van der Waals surface area contributed by atoms with Crippen molar-refractivity contribution in [1.82, 2.24) is 9.97 Å². The van der Waals surface area contributed by atoms with Crippen LogP contribution in [0.5, 0.6) is 11.6 Å². The first kappa shape index (κ1) is 16.9. The van der Waals surface area contributed by atoms with Gasteiger partial charge in [0.05, 0.1) is 19.4 Å². The first-order chi connectivity index (χ1) is 10.9. The number of aromatic nitrogens is 2. The van der Waals surface area contributed by atoms with Gasteiger partial charge in [-0.1, -0.05) is 12.1 Å². The summed E-state index contributed by atoms with van der Waals surface area (Å²) in [5, 5.41) is 0. The summed E-state index contributed by atoms with van der Waals surface area (Å²) in [7, 11) is 2.77. The van der Waals surface area contributed by atoms with Gasteiger partial charge in [0.2, 0.25) is 11.8 Å². The molecule has 0 atom stereocenters. The van der Waals surface area contributed by atoms with Crippen LogP contribution in [-0.4, -0.2) is 30.7 Å². The Hall–Kier alpha value is -2.51. The predicted octanol–water partition coefficient (Wildman–Crippen LogP) is 3.67. The van der Waals surface area contributed by atoms with Gasteiger partial charge in [-0.05, 0) is 19.1 Å². The summed E-state index contributed by atoms with van der Waals surface area (Å²) < 4.78 is 48.8. The molecule has 5 nitrogen and oxygen atoms in total. The second kappa shape index (κ2) is 6.72. The third-order valence-electron chi connectivity index (χ3n) is 3.07. The Labute approximate surface area is 131 Å². The van der Waals surface area contributed by atoms with Gasteiger partial charge in [-0.15, -0.1) is 0 Å². The lowest BCUT2D eigenvalue weighted by Gasteiger charge is -2.21. The second-order valence-electron chi connectivity index (χ2n) is 4.55. The lowest BCUT2D eigenvalue weighted by molar-refractivity contribution is -0.139. The molecule has 1 heterocycles. The molecule has 0 saturated heterocycles. The zero-order chi connectivity index (χ0) is 17.0. The molecule has 124 valence electrons. The van der Waals surface area contributed by atoms with Crippen LogP contribution in [0.4, 0.5) is 24.8 Å². The van der Waals surface area contributed by atoms with E-state index < -0.39 is 17.6 Å². The van der Waals surface area contributed by atoms with Gasteiger partial charge in [0.25, 0.3) is 0 Å². The maximum atomic E-state index is 12.9. The highest BCUT2D eigenvalue weighted by molar-refractivity contribution is 5.64. The number of nitrogens with zero attached hydrogens (tertiary/aromatic N) is 3. The number of methoxy groups -OCH3 is 1. The smallest absolute Gasteiger partial charge is 0.423 e. The predicted molar refractivity (Wildman–Crippen MR) is 79.3 cm³/mol. The average molecular weight is 327 g/mol. The van der Waals surface area contributed by atoms with Crippen LogP contribution in [0.1, 0.15) is 12.5 Å². The number of alkyl halides is 3. The highest BCUT2D eigenvalue weighted by atomic mass is 19.4. The molecule has 0 aliphatic heterocycles. The molecule has 0 saturated carbocycles. The Morgan fingerprint density at radius 1 is 1.22 bits per heavy atom. The monoisotopic (exact) mass is 327 g/mol. The number of anilines is 2. The molecular weight excluding hydrogens is 311 g/mol. The van der Waals surface area contributed by atoms with Gasteiger partial charge in [0.1, 0.15) is 11.3 Å². The first-order valence-electron chi connectivity index (χ1n) is 6.82. The molecule has 23 heavy (non-hydrogen) atoms. The Bertz CT molecular complexity index is 677. The number of ether oxygens (including phenoxy) is 2. The summed E-state index contributed by atoms with van der Waals surface area (Å²) in [6.45, 7) is 2.30. The van der Waals surface area contributed by atoms with E-state index in [1.807, 2.05) is 6.92 Å². The molecule has 0 aliphatic carbocycles. The first-order valence-corrected chi connectivity index (χ1v) is 6.82. The largest absolute Gasteiger partial charge is 0.492 e. The van der Waals surface area contributed by atoms with Gasteiger partial charge in [-0.3, -0.25) is 0 Å². The van der Waals surface area contributed by atoms with Crippen molar-refractivity contribution < 1.29 is 22.6 Å². The van der Waals surface area contributed by atoms with E-state index >= 15 is 0 Å². The van der Waals surface area contributed by atoms with Crippen molar-refractivity contribution in [2.45, 2.75) is 13.1 Å². The van der Waals surface area contributed by atoms with Crippen molar-refractivity contribution in [2.24, 2.45) is 0 Å². The van der Waals surface area contributed by atoms with Crippen molar-refractivity contribution in [3.05, 3.63) is 36.0 Å². The minimum atomic E-state index is -4.58. The maximum Gasteiger partial charge on any atom is 0.423 e. The van der Waals surface area contributed by atoms with Crippen LogP contribution in [-0.2, 0) is 6.18 Å². The number of rotatable bonds is 5. The molecule has 0 spiro atoms. The number of para-hydroxylation sites is 2. The maximum absolute atomic E-state index is 12.9. The molecule has 0 aliphatic rings. The fraction of sp³-hybridized carbons (Fsp3) is 0.333. The van der Waals surface area contributed by atoms with Crippen LogP contribution in [0.2, 0.25) is 0 Å². The summed E-state index contributed by atoms with van der Waals surface area (Å²) in [6, 6.07) is 7.11. The van der Waals surface area contributed by atoms with Gasteiger partial charge in [0.15, 0.2) is 0 Å². The molecule has 0 bridgehead atoms. The highest BCUT2D eigenvalue weighted by Gasteiger charge is 2.36. The molecule has 1 aromatic heterocycles. The number of halogens is 3. The van der Waals surface area contributed by atoms with E-state index in [-0.39, 0.29) is 5.95 Å². The zero-order valence-electron chi connectivity index (χ0n) is 12.9. The van der Waals surface area contributed by atoms with E-state index in [1.165, 1.54) is 4.90 Å². The van der Waals surface area contributed by atoms with Crippen LogP contribution in [0, 0.1) is 0 Å². The van der Waals surface area contributed by atoms with Gasteiger partial charge in [-0.25, -0.2) is 4.98 Å². The van der Waals surface area contributed by atoms with Crippen molar-refractivity contribution in [3.63, 3.8) is 0 Å². The van der Waals surface area contributed by atoms with Gasteiger partial charge in [0, 0.05) is 13.2 Å². The lowest BCUT2D eigenvalue weighted by Crippen LogP contribution is -2.17. The zero-order valence-corrected chi connectivity index (χ0v) is 12.9. The number of benzene rings is 1. The molecule has 1 aromatic carbocycles. The topological polar surface area (TPSA) is 47.5 Å². The molecule has 0 fully saturated rings.